The number of hydrogen-bond acceptors (Lipinski definition) is 4. The molecule has 3 aromatic carbocycles. The second-order valence-electron chi connectivity index (χ2n) is 11.4. The number of rotatable bonds is 5. The van der Waals surface area contributed by atoms with Gasteiger partial charge in [-0.2, -0.15) is 0 Å². The van der Waals surface area contributed by atoms with Crippen LogP contribution in [0.15, 0.2) is 85.2 Å². The first-order valence-electron chi connectivity index (χ1n) is 14.7. The number of aromatic amines is 1. The molecule has 2 aliphatic heterocycles. The van der Waals surface area contributed by atoms with Gasteiger partial charge in [0.15, 0.2) is 0 Å². The number of anilines is 2. The third-order valence-electron chi connectivity index (χ3n) is 8.86. The van der Waals surface area contributed by atoms with Gasteiger partial charge in [-0.1, -0.05) is 48.0 Å². The number of carbonyl (C=O) groups is 1. The summed E-state index contributed by atoms with van der Waals surface area (Å²) >= 11 is 6.30. The predicted molar refractivity (Wildman–Crippen MR) is 172 cm³/mol. The van der Waals surface area contributed by atoms with Crippen LogP contribution in [0.2, 0.25) is 5.02 Å². The highest BCUT2D eigenvalue weighted by molar-refractivity contribution is 6.30. The third-order valence-corrected chi connectivity index (χ3v) is 9.10. The van der Waals surface area contributed by atoms with Crippen molar-refractivity contribution >= 4 is 39.9 Å². The molecule has 1 fully saturated rings. The summed E-state index contributed by atoms with van der Waals surface area (Å²) in [5.74, 6) is 1.48. The molecule has 5 aromatic rings. The van der Waals surface area contributed by atoms with Crippen LogP contribution in [-0.4, -0.2) is 47.0 Å². The van der Waals surface area contributed by atoms with Gasteiger partial charge in [-0.3, -0.25) is 4.79 Å². The van der Waals surface area contributed by atoms with Gasteiger partial charge < -0.3 is 20.1 Å². The average Bonchev–Trinajstić information content (AvgIpc) is 3.47. The minimum Gasteiger partial charge on any atom is -0.367 e. The molecule has 0 atom stereocenters. The Labute approximate surface area is 251 Å². The minimum absolute atomic E-state index is 0.106. The third kappa shape index (κ3) is 5.12. The molecule has 7 rings (SSSR count). The Morgan fingerprint density at radius 1 is 0.976 bits per heavy atom. The standard InChI is InChI=1S/C35H34ClN5O/c1-23-6-11-29(36)18-28(23)22-41-17-14-37-34-33(41)19-27(20-39-34)24-7-9-26(10-8-24)35(42)40-15-12-25(13-16-40)31-21-38-32-5-3-2-4-30(31)32/h2-11,18-21,25,38H,12-17,22H2,1H3,(H,37,39). The SMILES string of the molecule is Cc1ccc(Cl)cc1CN1CCNc2ncc(-c3ccc(C(=O)N4CCC(c5c[nH]c6ccccc56)CC4)cc3)cc21. The summed E-state index contributed by atoms with van der Waals surface area (Å²) in [6, 6.07) is 24.7. The molecular formula is C35H34ClN5O. The molecule has 1 saturated heterocycles. The van der Waals surface area contributed by atoms with Crippen LogP contribution >= 0.6 is 11.6 Å². The zero-order chi connectivity index (χ0) is 28.6. The molecule has 0 saturated carbocycles. The van der Waals surface area contributed by atoms with Crippen LogP contribution in [0.5, 0.6) is 0 Å². The van der Waals surface area contributed by atoms with E-state index in [-0.39, 0.29) is 5.91 Å². The normalized spacial score (nSPS) is 15.5. The second-order valence-corrected chi connectivity index (χ2v) is 11.9. The monoisotopic (exact) mass is 575 g/mol. The number of pyridine rings is 1. The Morgan fingerprint density at radius 2 is 1.79 bits per heavy atom. The minimum atomic E-state index is 0.106. The van der Waals surface area contributed by atoms with Crippen molar-refractivity contribution in [2.75, 3.05) is 36.4 Å². The van der Waals surface area contributed by atoms with Crippen LogP contribution in [0, 0.1) is 6.92 Å². The van der Waals surface area contributed by atoms with Crippen molar-refractivity contribution in [2.45, 2.75) is 32.2 Å². The fraction of sp³-hybridized carbons (Fsp3) is 0.257. The molecular weight excluding hydrogens is 542 g/mol. The highest BCUT2D eigenvalue weighted by Gasteiger charge is 2.26. The molecule has 4 heterocycles. The van der Waals surface area contributed by atoms with Gasteiger partial charge in [0.05, 0.1) is 5.69 Å². The van der Waals surface area contributed by atoms with Crippen LogP contribution in [0.3, 0.4) is 0 Å². The van der Waals surface area contributed by atoms with Gasteiger partial charge in [0.1, 0.15) is 5.82 Å². The summed E-state index contributed by atoms with van der Waals surface area (Å²) in [5.41, 5.74) is 8.89. The van der Waals surface area contributed by atoms with Gasteiger partial charge in [-0.25, -0.2) is 4.98 Å². The average molecular weight is 576 g/mol. The van der Waals surface area contributed by atoms with Crippen molar-refractivity contribution in [3.05, 3.63) is 112 Å². The lowest BCUT2D eigenvalue weighted by atomic mass is 9.89. The van der Waals surface area contributed by atoms with E-state index in [0.717, 1.165) is 78.8 Å². The summed E-state index contributed by atoms with van der Waals surface area (Å²) in [4.78, 5) is 25.9. The molecule has 2 N–H and O–H groups in total. The zero-order valence-corrected chi connectivity index (χ0v) is 24.5. The quantitative estimate of drug-likeness (QED) is 0.226. The van der Waals surface area contributed by atoms with Crippen molar-refractivity contribution < 1.29 is 4.79 Å². The van der Waals surface area contributed by atoms with E-state index >= 15 is 0 Å². The maximum Gasteiger partial charge on any atom is 0.253 e. The van der Waals surface area contributed by atoms with E-state index in [1.54, 1.807) is 0 Å². The molecule has 2 aliphatic rings. The molecule has 42 heavy (non-hydrogen) atoms. The number of aryl methyl sites for hydroxylation is 1. The highest BCUT2D eigenvalue weighted by atomic mass is 35.5. The van der Waals surface area contributed by atoms with E-state index in [4.69, 9.17) is 16.6 Å². The fourth-order valence-corrected chi connectivity index (χ4v) is 6.61. The summed E-state index contributed by atoms with van der Waals surface area (Å²) in [6.07, 6.45) is 6.01. The Kier molecular flexibility index (Phi) is 7.08. The van der Waals surface area contributed by atoms with Crippen LogP contribution in [-0.2, 0) is 6.54 Å². The maximum atomic E-state index is 13.4. The lowest BCUT2D eigenvalue weighted by molar-refractivity contribution is 0.0713. The largest absolute Gasteiger partial charge is 0.367 e. The summed E-state index contributed by atoms with van der Waals surface area (Å²) < 4.78 is 0. The molecule has 2 aromatic heterocycles. The van der Waals surface area contributed by atoms with E-state index in [1.807, 2.05) is 41.4 Å². The van der Waals surface area contributed by atoms with Crippen molar-refractivity contribution in [3.63, 3.8) is 0 Å². The molecule has 212 valence electrons. The van der Waals surface area contributed by atoms with Gasteiger partial charge >= 0.3 is 0 Å². The van der Waals surface area contributed by atoms with Gasteiger partial charge in [0, 0.05) is 72.2 Å². The number of benzene rings is 3. The zero-order valence-electron chi connectivity index (χ0n) is 23.7. The highest BCUT2D eigenvalue weighted by Crippen LogP contribution is 2.35. The fourth-order valence-electron chi connectivity index (χ4n) is 6.41. The van der Waals surface area contributed by atoms with E-state index in [2.05, 4.69) is 70.8 Å². The van der Waals surface area contributed by atoms with Gasteiger partial charge in [-0.05, 0) is 84.3 Å². The van der Waals surface area contributed by atoms with Crippen molar-refractivity contribution in [3.8, 4) is 11.1 Å². The lowest BCUT2D eigenvalue weighted by Gasteiger charge is -2.32. The molecule has 1 amide bonds. The number of nitrogens with one attached hydrogen (secondary N) is 2. The number of para-hydroxylation sites is 1. The van der Waals surface area contributed by atoms with Crippen LogP contribution in [0.4, 0.5) is 11.5 Å². The van der Waals surface area contributed by atoms with Crippen molar-refractivity contribution in [2.24, 2.45) is 0 Å². The number of nitrogens with zero attached hydrogens (tertiary/aromatic N) is 3. The molecule has 0 radical (unpaired) electrons. The van der Waals surface area contributed by atoms with Gasteiger partial charge in [-0.15, -0.1) is 0 Å². The number of aromatic nitrogens is 2. The van der Waals surface area contributed by atoms with E-state index < -0.39 is 0 Å². The van der Waals surface area contributed by atoms with Crippen molar-refractivity contribution in [1.29, 1.82) is 0 Å². The van der Waals surface area contributed by atoms with E-state index in [1.165, 1.54) is 27.6 Å². The topological polar surface area (TPSA) is 64.3 Å². The Balaban J connectivity index is 1.04. The summed E-state index contributed by atoms with van der Waals surface area (Å²) in [5, 5.41) is 5.49. The number of amides is 1. The first-order chi connectivity index (χ1) is 20.5. The van der Waals surface area contributed by atoms with Crippen LogP contribution < -0.4 is 10.2 Å². The van der Waals surface area contributed by atoms with E-state index in [0.29, 0.717) is 5.92 Å². The first kappa shape index (κ1) is 26.6. The molecule has 0 spiro atoms. The number of carbonyl (C=O) groups excluding carboxylic acids is 1. The van der Waals surface area contributed by atoms with Gasteiger partial charge in [0.2, 0.25) is 0 Å². The van der Waals surface area contributed by atoms with E-state index in [9.17, 15) is 4.79 Å². The molecule has 0 bridgehead atoms. The Morgan fingerprint density at radius 3 is 2.62 bits per heavy atom. The summed E-state index contributed by atoms with van der Waals surface area (Å²) in [6.45, 7) is 6.17. The number of piperidine rings is 1. The Hall–Kier alpha value is -4.29. The van der Waals surface area contributed by atoms with Gasteiger partial charge in [0.25, 0.3) is 5.91 Å². The smallest absolute Gasteiger partial charge is 0.253 e. The number of H-pyrrole nitrogens is 1. The van der Waals surface area contributed by atoms with Crippen LogP contribution in [0.25, 0.3) is 22.0 Å². The first-order valence-corrected chi connectivity index (χ1v) is 15.1. The number of halogens is 1. The molecule has 7 heteroatoms. The molecule has 0 aliphatic carbocycles. The molecule has 6 nitrogen and oxygen atoms in total. The maximum absolute atomic E-state index is 13.4. The molecule has 0 unspecified atom stereocenters. The second kappa shape index (κ2) is 11.2. The predicted octanol–water partition coefficient (Wildman–Crippen LogP) is 7.64. The van der Waals surface area contributed by atoms with Crippen LogP contribution in [0.1, 0.15) is 45.8 Å². The number of likely N-dealkylation sites (tertiary alicyclic amines) is 1. The summed E-state index contributed by atoms with van der Waals surface area (Å²) in [7, 11) is 0. The number of hydrogen-bond donors (Lipinski definition) is 2. The number of fused-ring (bicyclic) bond motifs is 2. The lowest BCUT2D eigenvalue weighted by Crippen LogP contribution is -2.37. The Bertz CT molecular complexity index is 1750. The van der Waals surface area contributed by atoms with Crippen molar-refractivity contribution in [1.82, 2.24) is 14.9 Å².